The molecule has 1 aliphatic rings. The van der Waals surface area contributed by atoms with Crippen molar-refractivity contribution in [2.75, 3.05) is 19.9 Å². The highest BCUT2D eigenvalue weighted by Crippen LogP contribution is 2.29. The van der Waals surface area contributed by atoms with Crippen LogP contribution >= 0.6 is 11.8 Å². The first-order valence-corrected chi connectivity index (χ1v) is 11.7. The van der Waals surface area contributed by atoms with Gasteiger partial charge < -0.3 is 9.64 Å². The molecular formula is C24H28N4O2S. The van der Waals surface area contributed by atoms with Crippen molar-refractivity contribution in [1.82, 2.24) is 19.7 Å². The Kier molecular flexibility index (Phi) is 6.92. The van der Waals surface area contributed by atoms with Crippen molar-refractivity contribution in [3.63, 3.8) is 0 Å². The highest BCUT2D eigenvalue weighted by molar-refractivity contribution is 7.99. The summed E-state index contributed by atoms with van der Waals surface area (Å²) in [7, 11) is 3.58. The summed E-state index contributed by atoms with van der Waals surface area (Å²) >= 11 is 1.44. The minimum Gasteiger partial charge on any atom is -0.497 e. The number of rotatable bonds is 7. The molecule has 4 rings (SSSR count). The van der Waals surface area contributed by atoms with Crippen LogP contribution in [0.15, 0.2) is 59.8 Å². The van der Waals surface area contributed by atoms with Gasteiger partial charge in [-0.3, -0.25) is 9.36 Å². The van der Waals surface area contributed by atoms with Gasteiger partial charge >= 0.3 is 0 Å². The lowest BCUT2D eigenvalue weighted by Gasteiger charge is -2.31. The number of thioether (sulfide) groups is 1. The SMILES string of the molecule is COc1ccc(-c2nnc(SCC(=O)N(C)C3CCCCC3)n2-c2ccccc2)cc1. The van der Waals surface area contributed by atoms with Crippen molar-refractivity contribution in [3.8, 4) is 22.8 Å². The summed E-state index contributed by atoms with van der Waals surface area (Å²) in [6, 6.07) is 18.1. The third-order valence-corrected chi connectivity index (χ3v) is 6.75. The van der Waals surface area contributed by atoms with Crippen molar-refractivity contribution >= 4 is 17.7 Å². The van der Waals surface area contributed by atoms with E-state index in [9.17, 15) is 4.79 Å². The van der Waals surface area contributed by atoms with Gasteiger partial charge in [0.2, 0.25) is 5.91 Å². The number of aromatic nitrogens is 3. The van der Waals surface area contributed by atoms with Gasteiger partial charge in [0.05, 0.1) is 12.9 Å². The van der Waals surface area contributed by atoms with Crippen LogP contribution in [0, 0.1) is 0 Å². The summed E-state index contributed by atoms with van der Waals surface area (Å²) in [5.74, 6) is 2.02. The maximum absolute atomic E-state index is 12.8. The highest BCUT2D eigenvalue weighted by Gasteiger charge is 2.23. The van der Waals surface area contributed by atoms with Crippen molar-refractivity contribution in [2.45, 2.75) is 43.3 Å². The van der Waals surface area contributed by atoms with Crippen LogP contribution in [0.1, 0.15) is 32.1 Å². The predicted octanol–water partition coefficient (Wildman–Crippen LogP) is 4.83. The number of amides is 1. The summed E-state index contributed by atoms with van der Waals surface area (Å²) in [4.78, 5) is 14.8. The summed E-state index contributed by atoms with van der Waals surface area (Å²) in [6.07, 6.45) is 5.91. The minimum absolute atomic E-state index is 0.144. The number of carbonyl (C=O) groups is 1. The van der Waals surface area contributed by atoms with E-state index in [2.05, 4.69) is 10.2 Å². The lowest BCUT2D eigenvalue weighted by atomic mass is 9.94. The normalized spacial score (nSPS) is 14.4. The van der Waals surface area contributed by atoms with Gasteiger partial charge in [0.25, 0.3) is 0 Å². The first kappa shape index (κ1) is 21.4. The van der Waals surface area contributed by atoms with Crippen molar-refractivity contribution in [1.29, 1.82) is 0 Å². The van der Waals surface area contributed by atoms with Crippen LogP contribution in [-0.4, -0.2) is 51.5 Å². The van der Waals surface area contributed by atoms with Crippen LogP contribution in [0.25, 0.3) is 17.1 Å². The molecule has 1 amide bonds. The van der Waals surface area contributed by atoms with E-state index in [0.717, 1.165) is 35.7 Å². The third kappa shape index (κ3) is 4.93. The second-order valence-corrected chi connectivity index (χ2v) is 8.73. The molecule has 1 heterocycles. The van der Waals surface area contributed by atoms with Crippen LogP contribution < -0.4 is 4.74 Å². The zero-order chi connectivity index (χ0) is 21.6. The number of carbonyl (C=O) groups excluding carboxylic acids is 1. The molecule has 7 heteroatoms. The lowest BCUT2D eigenvalue weighted by Crippen LogP contribution is -2.39. The Labute approximate surface area is 187 Å². The number of ether oxygens (including phenoxy) is 1. The first-order valence-electron chi connectivity index (χ1n) is 10.7. The Morgan fingerprint density at radius 2 is 1.77 bits per heavy atom. The molecule has 1 fully saturated rings. The van der Waals surface area contributed by atoms with Crippen molar-refractivity contribution in [2.24, 2.45) is 0 Å². The number of nitrogens with zero attached hydrogens (tertiary/aromatic N) is 4. The number of para-hydroxylation sites is 1. The molecule has 6 nitrogen and oxygen atoms in total. The van der Waals surface area contributed by atoms with E-state index in [-0.39, 0.29) is 5.91 Å². The van der Waals surface area contributed by atoms with Gasteiger partial charge in [0, 0.05) is 24.3 Å². The molecule has 3 aromatic rings. The summed E-state index contributed by atoms with van der Waals surface area (Å²) in [5.41, 5.74) is 1.91. The Bertz CT molecular complexity index is 998. The first-order chi connectivity index (χ1) is 15.2. The van der Waals surface area contributed by atoms with Gasteiger partial charge in [-0.15, -0.1) is 10.2 Å². The van der Waals surface area contributed by atoms with Gasteiger partial charge in [-0.1, -0.05) is 49.2 Å². The van der Waals surface area contributed by atoms with E-state index in [1.165, 1.54) is 31.0 Å². The largest absolute Gasteiger partial charge is 0.497 e. The molecule has 0 spiro atoms. The molecule has 0 atom stereocenters. The third-order valence-electron chi connectivity index (χ3n) is 5.84. The molecule has 0 N–H and O–H groups in total. The summed E-state index contributed by atoms with van der Waals surface area (Å²) in [5, 5.41) is 9.60. The quantitative estimate of drug-likeness (QED) is 0.497. The Morgan fingerprint density at radius 1 is 1.06 bits per heavy atom. The average Bonchev–Trinajstić information content (AvgIpc) is 3.27. The molecule has 0 saturated heterocycles. The van der Waals surface area contributed by atoms with E-state index in [1.54, 1.807) is 7.11 Å². The molecule has 0 unspecified atom stereocenters. The average molecular weight is 437 g/mol. The van der Waals surface area contributed by atoms with E-state index >= 15 is 0 Å². The fourth-order valence-electron chi connectivity index (χ4n) is 4.00. The number of hydrogen-bond donors (Lipinski definition) is 0. The smallest absolute Gasteiger partial charge is 0.233 e. The molecular weight excluding hydrogens is 408 g/mol. The van der Waals surface area contributed by atoms with E-state index in [1.807, 2.05) is 71.1 Å². The summed E-state index contributed by atoms with van der Waals surface area (Å²) < 4.78 is 7.29. The standard InChI is InChI=1S/C24H28N4O2S/c1-27(19-9-5-3-6-10-19)22(29)17-31-24-26-25-23(18-13-15-21(30-2)16-14-18)28(24)20-11-7-4-8-12-20/h4,7-8,11-16,19H,3,5-6,9-10,17H2,1-2H3. The van der Waals surface area contributed by atoms with E-state index < -0.39 is 0 Å². The van der Waals surface area contributed by atoms with Crippen molar-refractivity contribution < 1.29 is 9.53 Å². The number of methoxy groups -OCH3 is 1. The molecule has 2 aromatic carbocycles. The fraction of sp³-hybridized carbons (Fsp3) is 0.375. The van der Waals surface area contributed by atoms with Crippen LogP contribution in [-0.2, 0) is 4.79 Å². The molecule has 162 valence electrons. The van der Waals surface area contributed by atoms with Crippen LogP contribution in [0.5, 0.6) is 5.75 Å². The molecule has 1 aromatic heterocycles. The van der Waals surface area contributed by atoms with Crippen LogP contribution in [0.2, 0.25) is 0 Å². The second kappa shape index (κ2) is 10.0. The van der Waals surface area contributed by atoms with E-state index in [4.69, 9.17) is 4.74 Å². The second-order valence-electron chi connectivity index (χ2n) is 7.79. The zero-order valence-electron chi connectivity index (χ0n) is 18.0. The van der Waals surface area contributed by atoms with Crippen LogP contribution in [0.4, 0.5) is 0 Å². The predicted molar refractivity (Wildman–Crippen MR) is 124 cm³/mol. The molecule has 0 aliphatic heterocycles. The maximum Gasteiger partial charge on any atom is 0.233 e. The topological polar surface area (TPSA) is 60.3 Å². The van der Waals surface area contributed by atoms with Gasteiger partial charge in [-0.05, 0) is 49.2 Å². The van der Waals surface area contributed by atoms with E-state index in [0.29, 0.717) is 17.0 Å². The Balaban J connectivity index is 1.57. The van der Waals surface area contributed by atoms with Crippen LogP contribution in [0.3, 0.4) is 0 Å². The van der Waals surface area contributed by atoms with Gasteiger partial charge in [0.15, 0.2) is 11.0 Å². The molecule has 0 radical (unpaired) electrons. The number of hydrogen-bond acceptors (Lipinski definition) is 5. The van der Waals surface area contributed by atoms with Gasteiger partial charge in [-0.25, -0.2) is 0 Å². The van der Waals surface area contributed by atoms with Gasteiger partial charge in [0.1, 0.15) is 5.75 Å². The molecule has 1 saturated carbocycles. The molecule has 31 heavy (non-hydrogen) atoms. The number of benzene rings is 2. The molecule has 0 bridgehead atoms. The monoisotopic (exact) mass is 436 g/mol. The minimum atomic E-state index is 0.144. The fourth-order valence-corrected chi connectivity index (χ4v) is 4.88. The highest BCUT2D eigenvalue weighted by atomic mass is 32.2. The van der Waals surface area contributed by atoms with Crippen molar-refractivity contribution in [3.05, 3.63) is 54.6 Å². The van der Waals surface area contributed by atoms with Gasteiger partial charge in [-0.2, -0.15) is 0 Å². The maximum atomic E-state index is 12.8. The summed E-state index contributed by atoms with van der Waals surface area (Å²) in [6.45, 7) is 0. The molecule has 1 aliphatic carbocycles. The Hall–Kier alpha value is -2.80. The lowest BCUT2D eigenvalue weighted by molar-refractivity contribution is -0.129. The zero-order valence-corrected chi connectivity index (χ0v) is 18.8. The Morgan fingerprint density at radius 3 is 2.45 bits per heavy atom.